The van der Waals surface area contributed by atoms with E-state index in [-0.39, 0.29) is 13.1 Å². The summed E-state index contributed by atoms with van der Waals surface area (Å²) in [4.78, 5) is 35.3. The third-order valence-corrected chi connectivity index (χ3v) is 2.99. The van der Waals surface area contributed by atoms with Crippen LogP contribution in [0.2, 0.25) is 0 Å². The molecule has 0 saturated carbocycles. The number of likely N-dealkylation sites (N-methyl/N-ethyl adjacent to an activating group) is 2. The first-order valence-corrected chi connectivity index (χ1v) is 8.31. The Labute approximate surface area is 151 Å². The molecule has 25 heavy (non-hydrogen) atoms. The lowest BCUT2D eigenvalue weighted by atomic mass is 10.3. The van der Waals surface area contributed by atoms with Crippen LogP contribution in [-0.4, -0.2) is 117 Å². The Bertz CT molecular complexity index is 330. The number of aliphatic carboxylic acids is 2. The highest BCUT2D eigenvalue weighted by molar-refractivity contribution is 5.69. The van der Waals surface area contributed by atoms with Crippen LogP contribution in [0.25, 0.3) is 0 Å². The van der Waals surface area contributed by atoms with Gasteiger partial charge in [0.15, 0.2) is 0 Å². The van der Waals surface area contributed by atoms with Crippen LogP contribution < -0.4 is 5.32 Å². The van der Waals surface area contributed by atoms with Crippen molar-refractivity contribution in [2.45, 2.75) is 13.8 Å². The summed E-state index contributed by atoms with van der Waals surface area (Å²) in [7, 11) is 5.68. The molecule has 0 heterocycles. The maximum Gasteiger partial charge on any atom is 0.317 e. The van der Waals surface area contributed by atoms with E-state index in [9.17, 15) is 9.59 Å². The Morgan fingerprint density at radius 3 is 1.52 bits per heavy atom. The van der Waals surface area contributed by atoms with Crippen LogP contribution in [0, 0.1) is 0 Å². The van der Waals surface area contributed by atoms with E-state index < -0.39 is 11.9 Å². The summed E-state index contributed by atoms with van der Waals surface area (Å²) in [5.74, 6) is -1.74. The molecule has 150 valence electrons. The van der Waals surface area contributed by atoms with Crippen molar-refractivity contribution in [2.24, 2.45) is 0 Å². The van der Waals surface area contributed by atoms with Gasteiger partial charge in [-0.15, -0.1) is 0 Å². The highest BCUT2D eigenvalue weighted by Gasteiger charge is 2.14. The van der Waals surface area contributed by atoms with Gasteiger partial charge in [0.05, 0.1) is 13.1 Å². The number of rotatable bonds is 13. The molecule has 3 N–H and O–H groups in total. The minimum absolute atomic E-state index is 0.0270. The normalized spacial score (nSPS) is 10.1. The average Bonchev–Trinajstić information content (AvgIpc) is 2.57. The molecule has 9 nitrogen and oxygen atoms in total. The number of nitrogens with one attached hydrogen (secondary N) is 1. The number of hydrogen-bond donors (Lipinski definition) is 3. The standard InChI is InChI=1S/C13H28N4O4.C2H6.CH2O/c1-14-4-5-16(10-12(18)19)8-9-17(11-13(20)21)7-6-15(2)3;2*1-2/h14H,4-11H2,1-3H3,(H,18,19)(H,20,21);1-2H3;1H2. The molecule has 0 fully saturated rings. The van der Waals surface area contributed by atoms with Gasteiger partial charge < -0.3 is 25.2 Å². The van der Waals surface area contributed by atoms with Gasteiger partial charge in [-0.05, 0) is 21.1 Å². The Kier molecular flexibility index (Phi) is 23.2. The predicted molar refractivity (Wildman–Crippen MR) is 99.1 cm³/mol. The van der Waals surface area contributed by atoms with Crippen molar-refractivity contribution >= 4 is 18.7 Å². The van der Waals surface area contributed by atoms with E-state index in [0.29, 0.717) is 32.7 Å². The fraction of sp³-hybridized carbons (Fsp3) is 0.812. The van der Waals surface area contributed by atoms with Gasteiger partial charge in [-0.2, -0.15) is 0 Å². The first-order chi connectivity index (χ1) is 11.8. The third-order valence-electron chi connectivity index (χ3n) is 2.99. The SMILES string of the molecule is C=O.CC.CNCCN(CCN(CCN(C)C)CC(=O)O)CC(=O)O. The summed E-state index contributed by atoms with van der Waals surface area (Å²) in [6.45, 7) is 9.75. The summed E-state index contributed by atoms with van der Waals surface area (Å²) in [6, 6.07) is 0. The van der Waals surface area contributed by atoms with E-state index in [2.05, 4.69) is 5.32 Å². The van der Waals surface area contributed by atoms with Crippen molar-refractivity contribution in [3.63, 3.8) is 0 Å². The highest BCUT2D eigenvalue weighted by Crippen LogP contribution is 1.94. The second kappa shape index (κ2) is 20.5. The van der Waals surface area contributed by atoms with E-state index in [1.165, 1.54) is 0 Å². The largest absolute Gasteiger partial charge is 0.480 e. The average molecular weight is 364 g/mol. The van der Waals surface area contributed by atoms with Crippen LogP contribution in [0.5, 0.6) is 0 Å². The number of nitrogens with zero attached hydrogens (tertiary/aromatic N) is 3. The molecule has 0 aliphatic carbocycles. The van der Waals surface area contributed by atoms with E-state index in [0.717, 1.165) is 6.54 Å². The topological polar surface area (TPSA) is 113 Å². The molecule has 9 heteroatoms. The Balaban J connectivity index is -0.00000112. The van der Waals surface area contributed by atoms with Crippen molar-refractivity contribution in [1.82, 2.24) is 20.0 Å². The lowest BCUT2D eigenvalue weighted by Gasteiger charge is -2.26. The number of carboxylic acids is 2. The van der Waals surface area contributed by atoms with Gasteiger partial charge in [0.25, 0.3) is 0 Å². The van der Waals surface area contributed by atoms with Crippen molar-refractivity contribution in [3.05, 3.63) is 0 Å². The zero-order chi connectivity index (χ0) is 20.3. The van der Waals surface area contributed by atoms with Crippen LogP contribution in [0.4, 0.5) is 0 Å². The number of hydrogen-bond acceptors (Lipinski definition) is 7. The second-order valence-corrected chi connectivity index (χ2v) is 5.25. The molecule has 0 aromatic carbocycles. The van der Waals surface area contributed by atoms with Gasteiger partial charge in [-0.1, -0.05) is 13.8 Å². The summed E-state index contributed by atoms with van der Waals surface area (Å²) in [5.41, 5.74) is 0. The van der Waals surface area contributed by atoms with E-state index >= 15 is 0 Å². The smallest absolute Gasteiger partial charge is 0.317 e. The summed E-state index contributed by atoms with van der Waals surface area (Å²) in [5, 5.41) is 20.8. The Hall–Kier alpha value is -1.55. The lowest BCUT2D eigenvalue weighted by Crippen LogP contribution is -2.43. The molecule has 0 unspecified atom stereocenters. The fourth-order valence-electron chi connectivity index (χ4n) is 1.82. The molecule has 0 saturated heterocycles. The zero-order valence-corrected chi connectivity index (χ0v) is 16.3. The molecule has 0 bridgehead atoms. The molecular weight excluding hydrogens is 328 g/mol. The fourth-order valence-corrected chi connectivity index (χ4v) is 1.82. The Morgan fingerprint density at radius 2 is 1.20 bits per heavy atom. The third kappa shape index (κ3) is 22.4. The summed E-state index contributed by atoms with van der Waals surface area (Å²) < 4.78 is 0. The molecule has 0 spiro atoms. The van der Waals surface area contributed by atoms with Crippen molar-refractivity contribution < 1.29 is 24.6 Å². The van der Waals surface area contributed by atoms with Gasteiger partial charge in [0.1, 0.15) is 6.79 Å². The molecule has 0 aliphatic heterocycles. The quantitative estimate of drug-likeness (QED) is 0.393. The summed E-state index contributed by atoms with van der Waals surface area (Å²) in [6.07, 6.45) is 0. The molecule has 0 atom stereocenters. The van der Waals surface area contributed by atoms with Crippen molar-refractivity contribution in [1.29, 1.82) is 0 Å². The minimum atomic E-state index is -0.871. The molecule has 0 aromatic rings. The minimum Gasteiger partial charge on any atom is -0.480 e. The molecule has 0 aliphatic rings. The maximum atomic E-state index is 10.9. The molecule has 0 rings (SSSR count). The van der Waals surface area contributed by atoms with Crippen LogP contribution in [0.15, 0.2) is 0 Å². The van der Waals surface area contributed by atoms with Crippen LogP contribution in [0.3, 0.4) is 0 Å². The number of carbonyl (C=O) groups is 3. The first-order valence-electron chi connectivity index (χ1n) is 8.31. The van der Waals surface area contributed by atoms with Gasteiger partial charge in [0, 0.05) is 39.3 Å². The van der Waals surface area contributed by atoms with Crippen LogP contribution >= 0.6 is 0 Å². The van der Waals surface area contributed by atoms with Crippen LogP contribution in [-0.2, 0) is 14.4 Å². The van der Waals surface area contributed by atoms with Crippen LogP contribution in [0.1, 0.15) is 13.8 Å². The van der Waals surface area contributed by atoms with Gasteiger partial charge in [-0.3, -0.25) is 19.4 Å². The monoisotopic (exact) mass is 364 g/mol. The van der Waals surface area contributed by atoms with Gasteiger partial charge >= 0.3 is 11.9 Å². The van der Waals surface area contributed by atoms with E-state index in [1.807, 2.05) is 56.5 Å². The molecular formula is C16H36N4O5. The molecule has 0 aromatic heterocycles. The Morgan fingerprint density at radius 1 is 0.840 bits per heavy atom. The predicted octanol–water partition coefficient (Wildman–Crippen LogP) is -0.618. The highest BCUT2D eigenvalue weighted by atomic mass is 16.4. The first kappa shape index (κ1) is 28.3. The maximum absolute atomic E-state index is 10.9. The number of carboxylic acid groups (broad SMARTS) is 2. The lowest BCUT2D eigenvalue weighted by molar-refractivity contribution is -0.140. The molecule has 0 amide bonds. The summed E-state index contributed by atoms with van der Waals surface area (Å²) >= 11 is 0. The van der Waals surface area contributed by atoms with E-state index in [1.54, 1.807) is 0 Å². The van der Waals surface area contributed by atoms with E-state index in [4.69, 9.17) is 15.0 Å². The van der Waals surface area contributed by atoms with Crippen molar-refractivity contribution in [2.75, 3.05) is 73.5 Å². The second-order valence-electron chi connectivity index (χ2n) is 5.25. The van der Waals surface area contributed by atoms with Crippen molar-refractivity contribution in [3.8, 4) is 0 Å². The number of carbonyl (C=O) groups excluding carboxylic acids is 1. The van der Waals surface area contributed by atoms with Gasteiger partial charge in [0.2, 0.25) is 0 Å². The zero-order valence-electron chi connectivity index (χ0n) is 16.3. The van der Waals surface area contributed by atoms with Gasteiger partial charge in [-0.25, -0.2) is 0 Å². The molecule has 0 radical (unpaired) electrons.